The number of urea groups is 1. The largest absolute Gasteiger partial charge is 0.479 e. The van der Waals surface area contributed by atoms with Crippen LogP contribution in [-0.4, -0.2) is 65.7 Å². The molecule has 0 radical (unpaired) electrons. The van der Waals surface area contributed by atoms with Crippen LogP contribution in [0.15, 0.2) is 0 Å². The third-order valence-electron chi connectivity index (χ3n) is 3.13. The number of carboxylic acids is 1. The molecule has 1 atom stereocenters. The van der Waals surface area contributed by atoms with Gasteiger partial charge in [-0.25, -0.2) is 15.1 Å². The topological polar surface area (TPSA) is 82.1 Å². The van der Waals surface area contributed by atoms with Gasteiger partial charge >= 0.3 is 12.0 Å². The summed E-state index contributed by atoms with van der Waals surface area (Å²) in [4.78, 5) is 30.4. The second-order valence-corrected chi connectivity index (χ2v) is 4.20. The van der Waals surface area contributed by atoms with Gasteiger partial charge in [-0.2, -0.15) is 0 Å². The second kappa shape index (κ2) is 7.17. The predicted octanol–water partition coefficient (Wildman–Crippen LogP) is 0.128. The third kappa shape index (κ3) is 4.15. The van der Waals surface area contributed by atoms with Gasteiger partial charge in [-0.05, 0) is 19.5 Å². The first-order valence-corrected chi connectivity index (χ1v) is 6.21. The SMILES string of the molecule is CCN(CC)C1CCN(C(=O)NOCC(=O)O)C1. The van der Waals surface area contributed by atoms with Gasteiger partial charge in [0.2, 0.25) is 0 Å². The summed E-state index contributed by atoms with van der Waals surface area (Å²) in [5.41, 5.74) is 2.14. The van der Waals surface area contributed by atoms with E-state index in [0.29, 0.717) is 19.1 Å². The van der Waals surface area contributed by atoms with Gasteiger partial charge in [0.15, 0.2) is 6.61 Å². The van der Waals surface area contributed by atoms with Crippen molar-refractivity contribution < 1.29 is 19.5 Å². The normalized spacial score (nSPS) is 19.3. The summed E-state index contributed by atoms with van der Waals surface area (Å²) in [7, 11) is 0. The van der Waals surface area contributed by atoms with E-state index in [1.807, 2.05) is 0 Å². The molecule has 0 aromatic heterocycles. The Bertz CT molecular complexity index is 294. The Hall–Kier alpha value is -1.34. The molecule has 1 aliphatic rings. The van der Waals surface area contributed by atoms with E-state index in [1.165, 1.54) is 0 Å². The summed E-state index contributed by atoms with van der Waals surface area (Å²) in [5, 5.41) is 8.37. The lowest BCUT2D eigenvalue weighted by atomic mass is 10.2. The first-order valence-electron chi connectivity index (χ1n) is 6.21. The van der Waals surface area contributed by atoms with E-state index < -0.39 is 12.6 Å². The van der Waals surface area contributed by atoms with Crippen molar-refractivity contribution in [2.24, 2.45) is 0 Å². The summed E-state index contributed by atoms with van der Waals surface area (Å²) < 4.78 is 0. The van der Waals surface area contributed by atoms with Crippen molar-refractivity contribution in [1.29, 1.82) is 0 Å². The number of carbonyl (C=O) groups is 2. The quantitative estimate of drug-likeness (QED) is 0.662. The second-order valence-electron chi connectivity index (χ2n) is 4.20. The molecule has 7 heteroatoms. The number of hydroxylamine groups is 1. The van der Waals surface area contributed by atoms with Crippen LogP contribution < -0.4 is 5.48 Å². The maximum atomic E-state index is 11.6. The lowest BCUT2D eigenvalue weighted by molar-refractivity contribution is -0.144. The highest BCUT2D eigenvalue weighted by atomic mass is 16.7. The van der Waals surface area contributed by atoms with Gasteiger partial charge in [0.1, 0.15) is 0 Å². The molecule has 0 bridgehead atoms. The Morgan fingerprint density at radius 2 is 2.11 bits per heavy atom. The molecule has 0 aromatic carbocycles. The van der Waals surface area contributed by atoms with Crippen molar-refractivity contribution in [2.45, 2.75) is 26.3 Å². The van der Waals surface area contributed by atoms with Crippen LogP contribution in [0.1, 0.15) is 20.3 Å². The van der Waals surface area contributed by atoms with Crippen LogP contribution in [0.3, 0.4) is 0 Å². The van der Waals surface area contributed by atoms with Gasteiger partial charge in [-0.1, -0.05) is 13.8 Å². The first-order chi connectivity index (χ1) is 8.58. The Balaban J connectivity index is 2.32. The van der Waals surface area contributed by atoms with Crippen molar-refractivity contribution in [2.75, 3.05) is 32.8 Å². The fraction of sp³-hybridized carbons (Fsp3) is 0.818. The molecule has 18 heavy (non-hydrogen) atoms. The van der Waals surface area contributed by atoms with Crippen LogP contribution >= 0.6 is 0 Å². The number of likely N-dealkylation sites (tertiary alicyclic amines) is 1. The lowest BCUT2D eigenvalue weighted by Crippen LogP contribution is -2.42. The minimum Gasteiger partial charge on any atom is -0.479 e. The molecule has 1 unspecified atom stereocenters. The molecule has 1 aliphatic heterocycles. The fourth-order valence-corrected chi connectivity index (χ4v) is 2.19. The molecule has 2 amide bonds. The summed E-state index contributed by atoms with van der Waals surface area (Å²) in [5.74, 6) is -1.11. The molecule has 0 aliphatic carbocycles. The van der Waals surface area contributed by atoms with Gasteiger partial charge in [0.05, 0.1) is 0 Å². The molecular weight excluding hydrogens is 238 g/mol. The van der Waals surface area contributed by atoms with Crippen LogP contribution in [0.25, 0.3) is 0 Å². The zero-order valence-corrected chi connectivity index (χ0v) is 10.9. The van der Waals surface area contributed by atoms with Gasteiger partial charge in [0, 0.05) is 19.1 Å². The molecule has 0 saturated carbocycles. The highest BCUT2D eigenvalue weighted by molar-refractivity contribution is 5.74. The smallest absolute Gasteiger partial charge is 0.341 e. The van der Waals surface area contributed by atoms with Gasteiger partial charge in [-0.15, -0.1) is 0 Å². The van der Waals surface area contributed by atoms with E-state index in [1.54, 1.807) is 4.90 Å². The maximum absolute atomic E-state index is 11.6. The van der Waals surface area contributed by atoms with Gasteiger partial charge in [0.25, 0.3) is 0 Å². The molecule has 7 nitrogen and oxygen atoms in total. The van der Waals surface area contributed by atoms with E-state index in [9.17, 15) is 9.59 Å². The average molecular weight is 259 g/mol. The maximum Gasteiger partial charge on any atom is 0.341 e. The molecule has 0 spiro atoms. The van der Waals surface area contributed by atoms with E-state index in [-0.39, 0.29) is 6.03 Å². The number of hydrogen-bond donors (Lipinski definition) is 2. The first kappa shape index (κ1) is 14.7. The highest BCUT2D eigenvalue weighted by Gasteiger charge is 2.29. The lowest BCUT2D eigenvalue weighted by Gasteiger charge is -2.26. The molecule has 2 N–H and O–H groups in total. The van der Waals surface area contributed by atoms with E-state index in [2.05, 4.69) is 29.1 Å². The molecule has 1 rings (SSSR count). The number of amides is 2. The minimum atomic E-state index is -1.11. The van der Waals surface area contributed by atoms with Crippen LogP contribution in [-0.2, 0) is 9.63 Å². The summed E-state index contributed by atoms with van der Waals surface area (Å²) in [6.45, 7) is 6.93. The predicted molar refractivity (Wildman–Crippen MR) is 65.0 cm³/mol. The fourth-order valence-electron chi connectivity index (χ4n) is 2.19. The molecule has 104 valence electrons. The number of carbonyl (C=O) groups excluding carboxylic acids is 1. The average Bonchev–Trinajstić information content (AvgIpc) is 2.79. The standard InChI is InChI=1S/C11H21N3O4/c1-3-13(4-2)9-5-6-14(7-9)11(17)12-18-8-10(15)16/h9H,3-8H2,1-2H3,(H,12,17)(H,15,16). The Morgan fingerprint density at radius 1 is 1.44 bits per heavy atom. The zero-order valence-electron chi connectivity index (χ0n) is 10.9. The summed E-state index contributed by atoms with van der Waals surface area (Å²) in [6.07, 6.45) is 0.939. The number of hydrogen-bond acceptors (Lipinski definition) is 4. The highest BCUT2D eigenvalue weighted by Crippen LogP contribution is 2.15. The van der Waals surface area contributed by atoms with Gasteiger partial charge < -0.3 is 10.0 Å². The number of aliphatic carboxylic acids is 1. The van der Waals surface area contributed by atoms with Crippen LogP contribution in [0.5, 0.6) is 0 Å². The number of rotatable bonds is 6. The monoisotopic (exact) mass is 259 g/mol. The number of likely N-dealkylation sites (N-methyl/N-ethyl adjacent to an activating group) is 1. The minimum absolute atomic E-state index is 0.370. The summed E-state index contributed by atoms with van der Waals surface area (Å²) >= 11 is 0. The van der Waals surface area contributed by atoms with Crippen LogP contribution in [0, 0.1) is 0 Å². The molecule has 0 aromatic rings. The molecular formula is C11H21N3O4. The van der Waals surface area contributed by atoms with Crippen molar-refractivity contribution >= 4 is 12.0 Å². The van der Waals surface area contributed by atoms with Crippen molar-refractivity contribution in [3.05, 3.63) is 0 Å². The van der Waals surface area contributed by atoms with E-state index in [0.717, 1.165) is 19.5 Å². The zero-order chi connectivity index (χ0) is 13.5. The Labute approximate surface area is 107 Å². The Morgan fingerprint density at radius 3 is 2.67 bits per heavy atom. The number of carboxylic acid groups (broad SMARTS) is 1. The van der Waals surface area contributed by atoms with E-state index >= 15 is 0 Å². The Kier molecular flexibility index (Phi) is 5.87. The number of nitrogens with one attached hydrogen (secondary N) is 1. The molecule has 1 heterocycles. The number of nitrogens with zero attached hydrogens (tertiary/aromatic N) is 2. The van der Waals surface area contributed by atoms with Gasteiger partial charge in [-0.3, -0.25) is 9.74 Å². The van der Waals surface area contributed by atoms with Crippen molar-refractivity contribution in [1.82, 2.24) is 15.3 Å². The molecule has 1 saturated heterocycles. The van der Waals surface area contributed by atoms with Crippen LogP contribution in [0.2, 0.25) is 0 Å². The molecule has 1 fully saturated rings. The third-order valence-corrected chi connectivity index (χ3v) is 3.13. The summed E-state index contributed by atoms with van der Waals surface area (Å²) in [6, 6.07) is 0.0103. The van der Waals surface area contributed by atoms with Crippen molar-refractivity contribution in [3.8, 4) is 0 Å². The van der Waals surface area contributed by atoms with Crippen LogP contribution in [0.4, 0.5) is 4.79 Å². The van der Waals surface area contributed by atoms with Crippen molar-refractivity contribution in [3.63, 3.8) is 0 Å². The van der Waals surface area contributed by atoms with E-state index in [4.69, 9.17) is 5.11 Å².